The van der Waals surface area contributed by atoms with Crippen molar-refractivity contribution in [1.82, 2.24) is 19.9 Å². The summed E-state index contributed by atoms with van der Waals surface area (Å²) in [5.41, 5.74) is 3.12. The van der Waals surface area contributed by atoms with Crippen molar-refractivity contribution in [1.29, 1.82) is 0 Å². The molecular weight excluding hydrogens is 619 g/mol. The molecule has 47 heavy (non-hydrogen) atoms. The summed E-state index contributed by atoms with van der Waals surface area (Å²) < 4.78 is 16.6. The Bertz CT molecular complexity index is 2280. The molecule has 9 nitrogen and oxygen atoms in total. The number of anilines is 2. The van der Waals surface area contributed by atoms with E-state index in [9.17, 15) is 14.7 Å². The van der Waals surface area contributed by atoms with Crippen LogP contribution < -0.4 is 20.7 Å². The Morgan fingerprint density at radius 1 is 1.15 bits per heavy atom. The number of amides is 1. The van der Waals surface area contributed by atoms with Gasteiger partial charge in [-0.2, -0.15) is 0 Å². The number of rotatable bonds is 3. The quantitative estimate of drug-likeness (QED) is 0.243. The Balaban J connectivity index is 1.68. The van der Waals surface area contributed by atoms with Crippen LogP contribution in [-0.4, -0.2) is 57.8 Å². The predicted molar refractivity (Wildman–Crippen MR) is 183 cm³/mol. The first-order valence-corrected chi connectivity index (χ1v) is 15.8. The average Bonchev–Trinajstić information content (AvgIpc) is 3.03. The van der Waals surface area contributed by atoms with Gasteiger partial charge in [0.25, 0.3) is 11.5 Å². The van der Waals surface area contributed by atoms with E-state index in [0.29, 0.717) is 51.9 Å². The van der Waals surface area contributed by atoms with Crippen molar-refractivity contribution < 1.29 is 14.3 Å². The highest BCUT2D eigenvalue weighted by Gasteiger charge is 2.43. The van der Waals surface area contributed by atoms with Crippen LogP contribution in [0.3, 0.4) is 0 Å². The van der Waals surface area contributed by atoms with E-state index in [1.807, 2.05) is 38.7 Å². The molecule has 2 N–H and O–H groups in total. The van der Waals surface area contributed by atoms with Crippen molar-refractivity contribution in [2.75, 3.05) is 29.9 Å². The van der Waals surface area contributed by atoms with E-state index < -0.39 is 17.4 Å². The number of piperazine rings is 1. The van der Waals surface area contributed by atoms with Crippen molar-refractivity contribution in [2.24, 2.45) is 0 Å². The fourth-order valence-corrected chi connectivity index (χ4v) is 7.25. The summed E-state index contributed by atoms with van der Waals surface area (Å²) in [5, 5.41) is 15.7. The second kappa shape index (κ2) is 11.1. The van der Waals surface area contributed by atoms with Crippen molar-refractivity contribution in [3.63, 3.8) is 0 Å². The summed E-state index contributed by atoms with van der Waals surface area (Å²) in [6.45, 7) is 8.77. The normalized spacial score (nSPS) is 17.7. The second-order valence-electron chi connectivity index (χ2n) is 12.6. The number of carbonyl (C=O) groups excluding carboxylic acids is 1. The number of phenols is 1. The zero-order valence-electron chi connectivity index (χ0n) is 26.5. The lowest BCUT2D eigenvalue weighted by Gasteiger charge is -2.46. The summed E-state index contributed by atoms with van der Waals surface area (Å²) in [6.07, 6.45) is 7.49. The molecule has 5 heterocycles. The van der Waals surface area contributed by atoms with Gasteiger partial charge in [-0.15, -0.1) is 6.42 Å². The Morgan fingerprint density at radius 3 is 2.64 bits per heavy atom. The van der Waals surface area contributed by atoms with E-state index in [-0.39, 0.29) is 51.2 Å². The van der Waals surface area contributed by atoms with Gasteiger partial charge in [0.15, 0.2) is 0 Å². The Morgan fingerprint density at radius 2 is 1.91 bits per heavy atom. The van der Waals surface area contributed by atoms with Crippen molar-refractivity contribution in [3.8, 4) is 35.0 Å². The number of terminal acetylenes is 1. The van der Waals surface area contributed by atoms with Crippen LogP contribution in [0, 0.1) is 25.1 Å². The van der Waals surface area contributed by atoms with E-state index >= 15 is 4.39 Å². The molecule has 11 heteroatoms. The number of nitrogens with one attached hydrogen (secondary N) is 1. The maximum absolute atomic E-state index is 15.1. The molecule has 0 spiro atoms. The summed E-state index contributed by atoms with van der Waals surface area (Å²) in [5.74, 6) is 1.49. The van der Waals surface area contributed by atoms with Gasteiger partial charge in [0.05, 0.1) is 33.3 Å². The third kappa shape index (κ3) is 4.56. The fraction of sp³-hybridized carbons (Fsp3) is 0.278. The molecule has 0 radical (unpaired) electrons. The molecule has 2 atom stereocenters. The number of fused-ring (bicyclic) bond motifs is 6. The predicted octanol–water partition coefficient (Wildman–Crippen LogP) is 5.66. The Hall–Kier alpha value is -4.98. The third-order valence-electron chi connectivity index (χ3n) is 9.17. The smallest absolute Gasteiger partial charge is 0.283 e. The molecule has 7 rings (SSSR count). The third-order valence-corrected chi connectivity index (χ3v) is 9.46. The highest BCUT2D eigenvalue weighted by atomic mass is 35.5. The SMILES string of the molecule is C#Cc1c(F)ccc2cc(O)cc(-c3nc4c(cc3Cl)c3c(c(=O)n4-c4c(C)ccnc4C(C)C)N(C)C(=O)[C@H]4CN[C@H](C)CN34)c12. The van der Waals surface area contributed by atoms with Crippen LogP contribution in [0.1, 0.15) is 43.5 Å². The van der Waals surface area contributed by atoms with Gasteiger partial charge < -0.3 is 20.2 Å². The summed E-state index contributed by atoms with van der Waals surface area (Å²) in [4.78, 5) is 41.8. The Kier molecular flexibility index (Phi) is 7.23. The van der Waals surface area contributed by atoms with E-state index in [1.165, 1.54) is 33.7 Å². The van der Waals surface area contributed by atoms with Crippen molar-refractivity contribution >= 4 is 50.7 Å². The lowest BCUT2D eigenvalue weighted by molar-refractivity contribution is -0.120. The molecule has 0 bridgehead atoms. The minimum absolute atomic E-state index is 0.00118. The zero-order valence-corrected chi connectivity index (χ0v) is 27.3. The van der Waals surface area contributed by atoms with Crippen LogP contribution in [0.15, 0.2) is 47.4 Å². The number of nitrogens with zero attached hydrogens (tertiary/aromatic N) is 5. The first-order chi connectivity index (χ1) is 22.4. The number of carbonyl (C=O) groups is 1. The van der Waals surface area contributed by atoms with E-state index in [2.05, 4.69) is 16.2 Å². The molecule has 5 aromatic rings. The van der Waals surface area contributed by atoms with Gasteiger partial charge in [-0.1, -0.05) is 37.4 Å². The molecule has 2 aliphatic rings. The standard InChI is InChI=1S/C36H32ClFN6O3/c1-7-22-26(38)9-8-20-12-21(45)13-23(28(20)22)30-25(37)14-24-32-33(42(6)35(46)27-15-40-19(5)16-43(27)32)36(47)44(34(24)41-30)31-18(4)10-11-39-29(31)17(2)3/h1,8-14,17,19,27,40,45H,15-16H2,2-6H3/t19-,27-/m1/s1. The van der Waals surface area contributed by atoms with Crippen LogP contribution in [0.25, 0.3) is 38.8 Å². The number of hydrogen-bond donors (Lipinski definition) is 2. The molecule has 0 aliphatic carbocycles. The maximum atomic E-state index is 15.1. The van der Waals surface area contributed by atoms with Gasteiger partial charge in [-0.25, -0.2) is 9.37 Å². The van der Waals surface area contributed by atoms with Gasteiger partial charge >= 0.3 is 0 Å². The first-order valence-electron chi connectivity index (χ1n) is 15.4. The number of likely N-dealkylation sites (N-methyl/N-ethyl adjacent to an activating group) is 1. The van der Waals surface area contributed by atoms with Crippen LogP contribution in [0.2, 0.25) is 5.02 Å². The van der Waals surface area contributed by atoms with Gasteiger partial charge in [0.1, 0.15) is 28.9 Å². The highest BCUT2D eigenvalue weighted by Crippen LogP contribution is 2.44. The molecule has 2 aliphatic heterocycles. The maximum Gasteiger partial charge on any atom is 0.283 e. The molecule has 1 saturated heterocycles. The highest BCUT2D eigenvalue weighted by molar-refractivity contribution is 6.34. The zero-order chi connectivity index (χ0) is 33.5. The molecule has 1 fully saturated rings. The molecule has 1 amide bonds. The average molecular weight is 651 g/mol. The summed E-state index contributed by atoms with van der Waals surface area (Å²) in [7, 11) is 1.62. The van der Waals surface area contributed by atoms with Gasteiger partial charge in [0, 0.05) is 48.7 Å². The molecule has 0 saturated carbocycles. The number of phenolic OH excluding ortho intramolecular Hbond substituents is 1. The number of aryl methyl sites for hydroxylation is 1. The molecular formula is C36H32ClFN6O3. The molecule has 3 aromatic heterocycles. The van der Waals surface area contributed by atoms with Crippen LogP contribution in [0.4, 0.5) is 15.8 Å². The topological polar surface area (TPSA) is 104 Å². The molecule has 0 unspecified atom stereocenters. The lowest BCUT2D eigenvalue weighted by atomic mass is 9.95. The van der Waals surface area contributed by atoms with Gasteiger partial charge in [0.2, 0.25) is 0 Å². The summed E-state index contributed by atoms with van der Waals surface area (Å²) in [6, 6.07) is 8.77. The first kappa shape index (κ1) is 30.7. The van der Waals surface area contributed by atoms with Crippen LogP contribution >= 0.6 is 11.6 Å². The van der Waals surface area contributed by atoms with E-state index in [0.717, 1.165) is 5.56 Å². The van der Waals surface area contributed by atoms with E-state index in [1.54, 1.807) is 19.3 Å². The number of hydrogen-bond acceptors (Lipinski definition) is 7. The largest absolute Gasteiger partial charge is 0.508 e. The van der Waals surface area contributed by atoms with Crippen LogP contribution in [0.5, 0.6) is 5.75 Å². The minimum Gasteiger partial charge on any atom is -0.508 e. The fourth-order valence-electron chi connectivity index (χ4n) is 6.99. The second-order valence-corrected chi connectivity index (χ2v) is 13.0. The lowest BCUT2D eigenvalue weighted by Crippen LogP contribution is -2.64. The van der Waals surface area contributed by atoms with E-state index in [4.69, 9.17) is 23.0 Å². The van der Waals surface area contributed by atoms with Crippen molar-refractivity contribution in [3.05, 3.63) is 80.6 Å². The molecule has 238 valence electrons. The monoisotopic (exact) mass is 650 g/mol. The number of benzene rings is 2. The number of aromatic nitrogens is 3. The minimum atomic E-state index is -0.603. The summed E-state index contributed by atoms with van der Waals surface area (Å²) >= 11 is 7.09. The van der Waals surface area contributed by atoms with Gasteiger partial charge in [-0.05, 0) is 61.0 Å². The van der Waals surface area contributed by atoms with Gasteiger partial charge in [-0.3, -0.25) is 19.1 Å². The number of pyridine rings is 3. The number of aromatic hydroxyl groups is 1. The molecule has 2 aromatic carbocycles. The van der Waals surface area contributed by atoms with Crippen molar-refractivity contribution in [2.45, 2.75) is 45.7 Å². The Labute approximate surface area is 275 Å². The van der Waals surface area contributed by atoms with Crippen LogP contribution in [-0.2, 0) is 4.79 Å². The number of halogens is 2.